The Labute approximate surface area is 104 Å². The number of hydrogen-bond donors (Lipinski definition) is 1. The maximum absolute atomic E-state index is 4.23. The number of hydrogen-bond acceptors (Lipinski definition) is 4. The Balaban J connectivity index is 1.63. The minimum atomic E-state index is 0.376. The van der Waals surface area contributed by atoms with Crippen molar-refractivity contribution in [1.29, 1.82) is 0 Å². The zero-order valence-corrected chi connectivity index (χ0v) is 10.9. The quantitative estimate of drug-likeness (QED) is 0.917. The van der Waals surface area contributed by atoms with Gasteiger partial charge in [-0.1, -0.05) is 0 Å². The summed E-state index contributed by atoms with van der Waals surface area (Å²) in [4.78, 5) is 10.9. The van der Waals surface area contributed by atoms with Crippen LogP contribution in [0.5, 0.6) is 0 Å². The minimum absolute atomic E-state index is 0.376. The third-order valence-electron chi connectivity index (χ3n) is 3.87. The fourth-order valence-electron chi connectivity index (χ4n) is 2.96. The van der Waals surface area contributed by atoms with Gasteiger partial charge in [-0.25, -0.2) is 9.97 Å². The van der Waals surface area contributed by atoms with E-state index >= 15 is 0 Å². The number of likely N-dealkylation sites (N-methyl/N-ethyl adjacent to an activating group) is 1. The molecule has 3 heterocycles. The largest absolute Gasteiger partial charge is 0.352 e. The Bertz CT molecular complexity index is 385. The molecule has 4 nitrogen and oxygen atoms in total. The second-order valence-corrected chi connectivity index (χ2v) is 5.87. The van der Waals surface area contributed by atoms with Gasteiger partial charge in [0.05, 0.1) is 4.47 Å². The average Bonchev–Trinajstić information content (AvgIpc) is 2.69. The molecule has 2 bridgehead atoms. The van der Waals surface area contributed by atoms with Crippen molar-refractivity contribution in [2.75, 3.05) is 25.5 Å². The van der Waals surface area contributed by atoms with Gasteiger partial charge in [0.2, 0.25) is 5.95 Å². The lowest BCUT2D eigenvalue weighted by Gasteiger charge is -2.41. The molecular formula is C11H15BrN4. The van der Waals surface area contributed by atoms with Gasteiger partial charge in [-0.2, -0.15) is 0 Å². The number of nitrogens with one attached hydrogen (secondary N) is 1. The highest BCUT2D eigenvalue weighted by atomic mass is 79.9. The summed E-state index contributed by atoms with van der Waals surface area (Å²) in [6, 6.07) is 0. The Morgan fingerprint density at radius 2 is 2.19 bits per heavy atom. The van der Waals surface area contributed by atoms with Crippen LogP contribution in [-0.2, 0) is 0 Å². The molecule has 0 amide bonds. The van der Waals surface area contributed by atoms with Crippen LogP contribution < -0.4 is 5.32 Å². The molecule has 1 aromatic heterocycles. The van der Waals surface area contributed by atoms with Gasteiger partial charge in [-0.3, -0.25) is 4.90 Å². The number of nitrogens with zero attached hydrogens (tertiary/aromatic N) is 3. The predicted molar refractivity (Wildman–Crippen MR) is 66.3 cm³/mol. The third-order valence-corrected chi connectivity index (χ3v) is 4.28. The number of halogens is 1. The SMILES string of the molecule is CN1CC2CC1(CNc1ncc(Br)cn1)C2. The first kappa shape index (κ1) is 10.5. The predicted octanol–water partition coefficient (Wildman–Crippen LogP) is 1.75. The van der Waals surface area contributed by atoms with Gasteiger partial charge in [0.25, 0.3) is 0 Å². The molecule has 1 aromatic rings. The number of fused-ring (bicyclic) bond motifs is 1. The number of aromatic nitrogens is 2. The van der Waals surface area contributed by atoms with E-state index < -0.39 is 0 Å². The van der Waals surface area contributed by atoms with Crippen LogP contribution in [0.3, 0.4) is 0 Å². The van der Waals surface area contributed by atoms with Crippen LogP contribution >= 0.6 is 15.9 Å². The van der Waals surface area contributed by atoms with Crippen molar-refractivity contribution in [3.63, 3.8) is 0 Å². The zero-order chi connectivity index (χ0) is 11.2. The highest BCUT2D eigenvalue weighted by Gasteiger charge is 2.53. The van der Waals surface area contributed by atoms with Crippen LogP contribution in [0.15, 0.2) is 16.9 Å². The first-order chi connectivity index (χ1) is 7.68. The Morgan fingerprint density at radius 1 is 1.50 bits per heavy atom. The molecule has 3 aliphatic rings. The fourth-order valence-corrected chi connectivity index (χ4v) is 3.17. The molecule has 5 heteroatoms. The standard InChI is InChI=1S/C11H15BrN4/c1-16-6-8-2-11(16,3-8)7-15-10-13-4-9(12)5-14-10/h4-5,8H,2-3,6-7H2,1H3,(H,13,14,15). The van der Waals surface area contributed by atoms with Crippen molar-refractivity contribution in [2.24, 2.45) is 5.92 Å². The molecular weight excluding hydrogens is 268 g/mol. The van der Waals surface area contributed by atoms with Gasteiger partial charge in [0.1, 0.15) is 0 Å². The third kappa shape index (κ3) is 1.62. The Morgan fingerprint density at radius 3 is 2.75 bits per heavy atom. The first-order valence-corrected chi connectivity index (χ1v) is 6.40. The van der Waals surface area contributed by atoms with Crippen LogP contribution in [0.2, 0.25) is 0 Å². The molecule has 2 saturated heterocycles. The van der Waals surface area contributed by atoms with Crippen molar-refractivity contribution in [3.8, 4) is 0 Å². The van der Waals surface area contributed by atoms with Crippen molar-refractivity contribution < 1.29 is 0 Å². The van der Waals surface area contributed by atoms with Crippen LogP contribution in [0, 0.1) is 5.92 Å². The first-order valence-electron chi connectivity index (χ1n) is 5.61. The van der Waals surface area contributed by atoms with Crippen molar-refractivity contribution >= 4 is 21.9 Å². The minimum Gasteiger partial charge on any atom is -0.352 e. The molecule has 1 aliphatic carbocycles. The maximum Gasteiger partial charge on any atom is 0.222 e. The molecule has 1 N–H and O–H groups in total. The smallest absolute Gasteiger partial charge is 0.222 e. The van der Waals surface area contributed by atoms with Crippen LogP contribution in [0.4, 0.5) is 5.95 Å². The van der Waals surface area contributed by atoms with Crippen molar-refractivity contribution in [3.05, 3.63) is 16.9 Å². The lowest BCUT2D eigenvalue weighted by Crippen LogP contribution is -2.49. The summed E-state index contributed by atoms with van der Waals surface area (Å²) in [5.74, 6) is 1.65. The summed E-state index contributed by atoms with van der Waals surface area (Å²) < 4.78 is 0.915. The van der Waals surface area contributed by atoms with E-state index in [4.69, 9.17) is 0 Å². The molecule has 0 radical (unpaired) electrons. The summed E-state index contributed by atoms with van der Waals surface area (Å²) in [5, 5.41) is 3.34. The van der Waals surface area contributed by atoms with Gasteiger partial charge in [0.15, 0.2) is 0 Å². The van der Waals surface area contributed by atoms with E-state index in [0.717, 1.165) is 22.9 Å². The van der Waals surface area contributed by atoms with Crippen LogP contribution in [0.1, 0.15) is 12.8 Å². The average molecular weight is 283 g/mol. The number of rotatable bonds is 3. The molecule has 2 aliphatic heterocycles. The second kappa shape index (κ2) is 3.67. The molecule has 0 aromatic carbocycles. The van der Waals surface area contributed by atoms with E-state index in [1.54, 1.807) is 12.4 Å². The fraction of sp³-hybridized carbons (Fsp3) is 0.636. The molecule has 1 saturated carbocycles. The summed E-state index contributed by atoms with van der Waals surface area (Å²) >= 11 is 3.33. The van der Waals surface area contributed by atoms with E-state index in [1.165, 1.54) is 19.4 Å². The lowest BCUT2D eigenvalue weighted by atomic mass is 9.73. The van der Waals surface area contributed by atoms with Crippen molar-refractivity contribution in [1.82, 2.24) is 14.9 Å². The molecule has 86 valence electrons. The van der Waals surface area contributed by atoms with Gasteiger partial charge in [0, 0.05) is 31.0 Å². The van der Waals surface area contributed by atoms with Crippen LogP contribution in [-0.4, -0.2) is 40.5 Å². The van der Waals surface area contributed by atoms with Gasteiger partial charge in [-0.15, -0.1) is 0 Å². The molecule has 0 unspecified atom stereocenters. The van der Waals surface area contributed by atoms with E-state index in [-0.39, 0.29) is 0 Å². The molecule has 0 atom stereocenters. The van der Waals surface area contributed by atoms with E-state index in [2.05, 4.69) is 43.2 Å². The monoisotopic (exact) mass is 282 g/mol. The van der Waals surface area contributed by atoms with E-state index in [0.29, 0.717) is 5.54 Å². The lowest BCUT2D eigenvalue weighted by molar-refractivity contribution is 0.146. The molecule has 16 heavy (non-hydrogen) atoms. The molecule has 0 spiro atoms. The summed E-state index contributed by atoms with van der Waals surface area (Å²) in [6.45, 7) is 2.21. The van der Waals surface area contributed by atoms with Gasteiger partial charge in [-0.05, 0) is 41.7 Å². The highest BCUT2D eigenvalue weighted by molar-refractivity contribution is 9.10. The summed E-state index contributed by atoms with van der Waals surface area (Å²) in [7, 11) is 2.22. The second-order valence-electron chi connectivity index (χ2n) is 4.96. The summed E-state index contributed by atoms with van der Waals surface area (Å²) in [6.07, 6.45) is 6.20. The zero-order valence-electron chi connectivity index (χ0n) is 9.28. The van der Waals surface area contributed by atoms with Gasteiger partial charge < -0.3 is 5.32 Å². The summed E-state index contributed by atoms with van der Waals surface area (Å²) in [5.41, 5.74) is 0.376. The maximum atomic E-state index is 4.23. The normalized spacial score (nSPS) is 32.5. The molecule has 3 fully saturated rings. The molecule has 4 rings (SSSR count). The highest BCUT2D eigenvalue weighted by Crippen LogP contribution is 2.49. The Kier molecular flexibility index (Phi) is 2.40. The van der Waals surface area contributed by atoms with Gasteiger partial charge >= 0.3 is 0 Å². The number of anilines is 1. The van der Waals surface area contributed by atoms with Crippen molar-refractivity contribution in [2.45, 2.75) is 18.4 Å². The van der Waals surface area contributed by atoms with E-state index in [9.17, 15) is 0 Å². The Hall–Kier alpha value is -0.680. The topological polar surface area (TPSA) is 41.0 Å². The van der Waals surface area contributed by atoms with E-state index in [1.807, 2.05) is 0 Å². The van der Waals surface area contributed by atoms with Crippen LogP contribution in [0.25, 0.3) is 0 Å².